The number of aromatic nitrogens is 1. The average Bonchev–Trinajstić information content (AvgIpc) is 3.42. The number of nitrogens with zero attached hydrogens (tertiary/aromatic N) is 1. The summed E-state index contributed by atoms with van der Waals surface area (Å²) >= 11 is 0. The van der Waals surface area contributed by atoms with Crippen LogP contribution in [0.1, 0.15) is 44.3 Å². The largest absolute Gasteiger partial charge is 0.456 e. The van der Waals surface area contributed by atoms with Crippen LogP contribution in [0.3, 0.4) is 0 Å². The smallest absolute Gasteiger partial charge is 0.139 e. The third-order valence-electron chi connectivity index (χ3n) is 8.87. The van der Waals surface area contributed by atoms with Crippen LogP contribution in [-0.2, 0) is 5.41 Å². The van der Waals surface area contributed by atoms with Gasteiger partial charge in [-0.15, -0.1) is 0 Å². The van der Waals surface area contributed by atoms with Crippen LogP contribution in [0.2, 0.25) is 0 Å². The van der Waals surface area contributed by atoms with E-state index in [-0.39, 0.29) is 5.56 Å². The predicted molar refractivity (Wildman–Crippen MR) is 180 cm³/mol. The van der Waals surface area contributed by atoms with Gasteiger partial charge in [0.2, 0.25) is 0 Å². The fourth-order valence-electron chi connectivity index (χ4n) is 6.77. The Bertz CT molecular complexity index is 2380. The zero-order valence-corrected chi connectivity index (χ0v) is 24.0. The molecule has 1 unspecified atom stereocenters. The predicted octanol–water partition coefficient (Wildman–Crippen LogP) is 11.2. The summed E-state index contributed by atoms with van der Waals surface area (Å²) < 4.78 is 61.4. The van der Waals surface area contributed by atoms with Crippen molar-refractivity contribution in [2.45, 2.75) is 33.0 Å². The summed E-state index contributed by atoms with van der Waals surface area (Å²) in [5.41, 5.74) is 6.08. The number of ether oxygens (including phenoxy) is 1. The molecule has 0 N–H and O–H groups in total. The first-order valence-corrected chi connectivity index (χ1v) is 14.5. The van der Waals surface area contributed by atoms with Crippen LogP contribution in [0, 0.1) is 13.8 Å². The molecular weight excluding hydrogens is 522 g/mol. The molecule has 2 heterocycles. The summed E-state index contributed by atoms with van der Waals surface area (Å²) in [5.74, 6) is 0.814. The molecule has 1 atom stereocenters. The summed E-state index contributed by atoms with van der Waals surface area (Å²) in [6.45, 7) is -1.31. The van der Waals surface area contributed by atoms with Crippen molar-refractivity contribution in [1.29, 1.82) is 0 Å². The Hall–Kier alpha value is -5.08. The maximum Gasteiger partial charge on any atom is 0.139 e. The maximum absolute atomic E-state index is 8.89. The monoisotopic (exact) mass is 561 g/mol. The lowest BCUT2D eigenvalue weighted by molar-refractivity contribution is 0.419. The third kappa shape index (κ3) is 3.79. The van der Waals surface area contributed by atoms with Gasteiger partial charge in [0.15, 0.2) is 0 Å². The number of fused-ring (bicyclic) bond motifs is 5. The van der Waals surface area contributed by atoms with E-state index in [2.05, 4.69) is 28.8 Å². The minimum absolute atomic E-state index is 0.193. The van der Waals surface area contributed by atoms with E-state index in [0.717, 1.165) is 38.6 Å². The average molecular weight is 562 g/mol. The second kappa shape index (κ2) is 9.47. The molecule has 2 nitrogen and oxygen atoms in total. The number of para-hydroxylation sites is 4. The normalized spacial score (nSPS) is 18.4. The van der Waals surface area contributed by atoms with E-state index < -0.39 is 19.1 Å². The highest BCUT2D eigenvalue weighted by molar-refractivity contribution is 6.09. The van der Waals surface area contributed by atoms with Crippen molar-refractivity contribution in [3.05, 3.63) is 150 Å². The standard InChI is InChI=1S/C41H33NO/c1-26-23-24-30(27(2)39(26)33-17-12-19-35-40(33)43-38-22-10-7-18-34(38)41(35,3)4)28-13-11-14-29(25-28)42-36-20-8-5-15-31(36)32-16-6-9-21-37(32)42/h5-25H,1-4H3/i2D3,3D3. The lowest BCUT2D eigenvalue weighted by atomic mass is 9.74. The Morgan fingerprint density at radius 2 is 1.37 bits per heavy atom. The Morgan fingerprint density at radius 3 is 2.14 bits per heavy atom. The van der Waals surface area contributed by atoms with Crippen LogP contribution in [0.15, 0.2) is 127 Å². The van der Waals surface area contributed by atoms with Crippen molar-refractivity contribution in [1.82, 2.24) is 4.57 Å². The summed E-state index contributed by atoms with van der Waals surface area (Å²) in [4.78, 5) is 0. The van der Waals surface area contributed by atoms with E-state index in [4.69, 9.17) is 13.0 Å². The van der Waals surface area contributed by atoms with Crippen molar-refractivity contribution in [2.75, 3.05) is 0 Å². The second-order valence-corrected chi connectivity index (χ2v) is 11.5. The lowest BCUT2D eigenvalue weighted by Crippen LogP contribution is -2.24. The molecular formula is C41H33NO. The van der Waals surface area contributed by atoms with Gasteiger partial charge in [-0.05, 0) is 71.9 Å². The van der Waals surface area contributed by atoms with E-state index in [1.807, 2.05) is 85.8 Å². The van der Waals surface area contributed by atoms with Gasteiger partial charge in [-0.25, -0.2) is 0 Å². The first-order chi connectivity index (χ1) is 23.4. The fraction of sp³-hybridized carbons (Fsp3) is 0.122. The zero-order chi connectivity index (χ0) is 34.3. The van der Waals surface area contributed by atoms with Crippen molar-refractivity contribution < 1.29 is 13.0 Å². The van der Waals surface area contributed by atoms with Crippen molar-refractivity contribution in [3.63, 3.8) is 0 Å². The molecule has 0 fully saturated rings. The minimum Gasteiger partial charge on any atom is -0.456 e. The molecule has 2 heteroatoms. The van der Waals surface area contributed by atoms with E-state index in [1.54, 1.807) is 31.2 Å². The number of hydrogen-bond donors (Lipinski definition) is 0. The summed E-state index contributed by atoms with van der Waals surface area (Å²) in [7, 11) is 0. The molecule has 1 aromatic heterocycles. The van der Waals surface area contributed by atoms with Crippen LogP contribution in [0.5, 0.6) is 11.5 Å². The van der Waals surface area contributed by atoms with E-state index >= 15 is 0 Å². The highest BCUT2D eigenvalue weighted by Crippen LogP contribution is 2.52. The Labute approximate surface area is 261 Å². The van der Waals surface area contributed by atoms with Gasteiger partial charge < -0.3 is 9.30 Å². The molecule has 0 aliphatic carbocycles. The molecule has 1 aliphatic heterocycles. The van der Waals surface area contributed by atoms with Crippen molar-refractivity contribution >= 4 is 21.8 Å². The highest BCUT2D eigenvalue weighted by atomic mass is 16.5. The molecule has 1 aliphatic rings. The third-order valence-corrected chi connectivity index (χ3v) is 8.87. The van der Waals surface area contributed by atoms with Crippen molar-refractivity contribution in [3.8, 4) is 39.4 Å². The Morgan fingerprint density at radius 1 is 0.674 bits per heavy atom. The quantitative estimate of drug-likeness (QED) is 0.209. The molecule has 0 bridgehead atoms. The molecule has 0 radical (unpaired) electrons. The van der Waals surface area contributed by atoms with Gasteiger partial charge in [0.05, 0.1) is 11.0 Å². The highest BCUT2D eigenvalue weighted by Gasteiger charge is 2.35. The summed E-state index contributed by atoms with van der Waals surface area (Å²) in [6, 6.07) is 41.0. The number of hydrogen-bond acceptors (Lipinski definition) is 1. The van der Waals surface area contributed by atoms with E-state index in [9.17, 15) is 0 Å². The Balaban J connectivity index is 1.38. The van der Waals surface area contributed by atoms with Crippen molar-refractivity contribution in [2.24, 2.45) is 0 Å². The van der Waals surface area contributed by atoms with Gasteiger partial charge in [-0.2, -0.15) is 0 Å². The molecule has 8 rings (SSSR count). The molecule has 43 heavy (non-hydrogen) atoms. The molecule has 7 aromatic rings. The second-order valence-electron chi connectivity index (χ2n) is 11.5. The molecule has 0 spiro atoms. The molecule has 0 amide bonds. The summed E-state index contributed by atoms with van der Waals surface area (Å²) in [6.07, 6.45) is 0. The molecule has 208 valence electrons. The zero-order valence-electron chi connectivity index (χ0n) is 30.0. The minimum atomic E-state index is -2.51. The molecule has 6 aromatic carbocycles. The lowest BCUT2D eigenvalue weighted by Gasteiger charge is -2.35. The van der Waals surface area contributed by atoms with Crippen LogP contribution < -0.4 is 4.74 Å². The fourth-order valence-corrected chi connectivity index (χ4v) is 6.77. The van der Waals surface area contributed by atoms with Gasteiger partial charge >= 0.3 is 0 Å². The topological polar surface area (TPSA) is 14.2 Å². The van der Waals surface area contributed by atoms with Crippen LogP contribution in [0.25, 0.3) is 49.7 Å². The number of aryl methyl sites for hydroxylation is 1. The van der Waals surface area contributed by atoms with Crippen LogP contribution in [-0.4, -0.2) is 4.57 Å². The number of rotatable bonds is 3. The van der Waals surface area contributed by atoms with E-state index in [1.165, 1.54) is 0 Å². The van der Waals surface area contributed by atoms with Gasteiger partial charge in [0, 0.05) is 46.8 Å². The molecule has 0 saturated carbocycles. The van der Waals surface area contributed by atoms with Gasteiger partial charge in [0.1, 0.15) is 11.5 Å². The van der Waals surface area contributed by atoms with Crippen LogP contribution in [0.4, 0.5) is 0 Å². The number of benzene rings is 6. The first-order valence-electron chi connectivity index (χ1n) is 17.5. The van der Waals surface area contributed by atoms with Crippen LogP contribution >= 0.6 is 0 Å². The van der Waals surface area contributed by atoms with Gasteiger partial charge in [-0.3, -0.25) is 0 Å². The maximum atomic E-state index is 8.89. The summed E-state index contributed by atoms with van der Waals surface area (Å²) in [5, 5.41) is 2.28. The van der Waals surface area contributed by atoms with E-state index in [0.29, 0.717) is 39.3 Å². The van der Waals surface area contributed by atoms with Gasteiger partial charge in [0.25, 0.3) is 0 Å². The SMILES string of the molecule is [2H]C([2H])([2H])c1c(-c2cccc(-n3c4ccccc4c4ccccc43)c2)ccc(C)c1-c1cccc2c1Oc1ccccc1C2(C)C([2H])([2H])[2H]. The Kier molecular flexibility index (Phi) is 4.39. The van der Waals surface area contributed by atoms with Gasteiger partial charge in [-0.1, -0.05) is 111 Å². The first kappa shape index (κ1) is 19.9. The molecule has 0 saturated heterocycles.